The average Bonchev–Trinajstić information content (AvgIpc) is 3.55. The van der Waals surface area contributed by atoms with E-state index < -0.39 is 0 Å². The van der Waals surface area contributed by atoms with E-state index in [-0.39, 0.29) is 22.9 Å². The molecule has 0 spiro atoms. The first kappa shape index (κ1) is 14.9. The topological polar surface area (TPSA) is 94.7 Å². The first-order valence-corrected chi connectivity index (χ1v) is 9.10. The molecule has 3 aliphatic rings. The minimum atomic E-state index is -0.324. The van der Waals surface area contributed by atoms with Crippen LogP contribution in [-0.2, 0) is 0 Å². The molecule has 7 heteroatoms. The number of hydrogen-bond acceptors (Lipinski definition) is 4. The molecule has 2 aromatic heterocycles. The molecule has 2 aliphatic carbocycles. The maximum atomic E-state index is 12.8. The third kappa shape index (κ3) is 2.67. The Kier molecular flexibility index (Phi) is 3.29. The maximum absolute atomic E-state index is 12.8. The van der Waals surface area contributed by atoms with Gasteiger partial charge in [-0.3, -0.25) is 14.7 Å². The zero-order chi connectivity index (χ0) is 17.0. The van der Waals surface area contributed by atoms with Gasteiger partial charge in [0.25, 0.3) is 11.5 Å². The Morgan fingerprint density at radius 3 is 2.76 bits per heavy atom. The third-order valence-corrected chi connectivity index (χ3v) is 5.74. The van der Waals surface area contributed by atoms with Crippen molar-refractivity contribution < 1.29 is 4.79 Å². The average molecular weight is 339 g/mol. The Bertz CT molecular complexity index is 864. The number of likely N-dealkylation sites (tertiary alicyclic amines) is 1. The van der Waals surface area contributed by atoms with Gasteiger partial charge < -0.3 is 9.88 Å². The van der Waals surface area contributed by atoms with Gasteiger partial charge in [0.1, 0.15) is 11.4 Å². The summed E-state index contributed by atoms with van der Waals surface area (Å²) in [5.74, 6) is 3.44. The molecule has 0 radical (unpaired) electrons. The molecule has 2 aromatic rings. The van der Waals surface area contributed by atoms with Gasteiger partial charge in [0, 0.05) is 31.1 Å². The van der Waals surface area contributed by atoms with Crippen LogP contribution in [0, 0.1) is 11.8 Å². The molecular weight excluding hydrogens is 318 g/mol. The van der Waals surface area contributed by atoms with Crippen LogP contribution in [0.15, 0.2) is 23.1 Å². The predicted molar refractivity (Wildman–Crippen MR) is 90.3 cm³/mol. The molecule has 0 aromatic carbocycles. The van der Waals surface area contributed by atoms with Gasteiger partial charge in [-0.05, 0) is 49.7 Å². The predicted octanol–water partition coefficient (Wildman–Crippen LogP) is 1.64. The first-order chi connectivity index (χ1) is 12.2. The van der Waals surface area contributed by atoms with E-state index in [1.807, 2.05) is 4.90 Å². The summed E-state index contributed by atoms with van der Waals surface area (Å²) in [6.45, 7) is 1.30. The van der Waals surface area contributed by atoms with E-state index in [0.717, 1.165) is 11.6 Å². The number of hydrogen-bond donors (Lipinski definition) is 2. The van der Waals surface area contributed by atoms with Crippen molar-refractivity contribution in [2.24, 2.45) is 11.8 Å². The molecule has 130 valence electrons. The highest BCUT2D eigenvalue weighted by atomic mass is 16.2. The van der Waals surface area contributed by atoms with Crippen LogP contribution in [0.2, 0.25) is 0 Å². The van der Waals surface area contributed by atoms with E-state index in [4.69, 9.17) is 4.98 Å². The second-order valence-electron chi connectivity index (χ2n) is 7.58. The minimum Gasteiger partial charge on any atom is -0.337 e. The molecule has 0 unspecified atom stereocenters. The lowest BCUT2D eigenvalue weighted by Gasteiger charge is -2.15. The van der Waals surface area contributed by atoms with Gasteiger partial charge >= 0.3 is 0 Å². The summed E-state index contributed by atoms with van der Waals surface area (Å²) >= 11 is 0. The molecule has 5 rings (SSSR count). The second kappa shape index (κ2) is 5.54. The summed E-state index contributed by atoms with van der Waals surface area (Å²) in [7, 11) is 0. The first-order valence-electron chi connectivity index (χ1n) is 9.10. The monoisotopic (exact) mass is 339 g/mol. The molecule has 1 saturated heterocycles. The van der Waals surface area contributed by atoms with Crippen molar-refractivity contribution in [1.29, 1.82) is 0 Å². The van der Waals surface area contributed by atoms with Gasteiger partial charge in [0.2, 0.25) is 0 Å². The summed E-state index contributed by atoms with van der Waals surface area (Å²) < 4.78 is 0. The number of carbonyl (C=O) groups is 1. The fraction of sp³-hybridized carbons (Fsp3) is 0.556. The standard InChI is InChI=1S/C18H21N5O2/c24-17-12(2-1-7-19-17)18(25)23-8-13(10-3-4-10)14(9-23)16-20-15(21-22-16)11-5-6-11/h1-2,7,10-11,13-14H,3-6,8-9H2,(H,19,24)(H,20,21,22)/t13-,14+/m1/s1. The molecule has 7 nitrogen and oxygen atoms in total. The molecule has 0 bridgehead atoms. The summed E-state index contributed by atoms with van der Waals surface area (Å²) in [6, 6.07) is 3.29. The Labute approximate surface area is 144 Å². The van der Waals surface area contributed by atoms with Crippen molar-refractivity contribution in [3.63, 3.8) is 0 Å². The molecule has 3 fully saturated rings. The number of carbonyl (C=O) groups excluding carboxylic acids is 1. The zero-order valence-electron chi connectivity index (χ0n) is 13.9. The highest BCUT2D eigenvalue weighted by Crippen LogP contribution is 2.47. The van der Waals surface area contributed by atoms with Gasteiger partial charge in [-0.2, -0.15) is 5.10 Å². The minimum absolute atomic E-state index is 0.183. The number of aromatic amines is 2. The number of H-pyrrole nitrogens is 2. The van der Waals surface area contributed by atoms with Crippen molar-refractivity contribution >= 4 is 5.91 Å². The quantitative estimate of drug-likeness (QED) is 0.885. The van der Waals surface area contributed by atoms with Crippen molar-refractivity contribution in [2.45, 2.75) is 37.5 Å². The van der Waals surface area contributed by atoms with Crippen molar-refractivity contribution in [3.8, 4) is 0 Å². The fourth-order valence-electron chi connectivity index (χ4n) is 4.02. The number of nitrogens with zero attached hydrogens (tertiary/aromatic N) is 3. The lowest BCUT2D eigenvalue weighted by Crippen LogP contribution is -2.33. The van der Waals surface area contributed by atoms with Gasteiger partial charge in [0.05, 0.1) is 0 Å². The Morgan fingerprint density at radius 1 is 1.20 bits per heavy atom. The Balaban J connectivity index is 1.41. The Morgan fingerprint density at radius 2 is 2.04 bits per heavy atom. The maximum Gasteiger partial charge on any atom is 0.260 e. The lowest BCUT2D eigenvalue weighted by atomic mass is 9.91. The van der Waals surface area contributed by atoms with E-state index in [0.29, 0.717) is 30.8 Å². The molecule has 25 heavy (non-hydrogen) atoms. The van der Waals surface area contributed by atoms with Crippen molar-refractivity contribution in [3.05, 3.63) is 45.9 Å². The zero-order valence-corrected chi connectivity index (χ0v) is 13.9. The summed E-state index contributed by atoms with van der Waals surface area (Å²) in [4.78, 5) is 33.9. The van der Waals surface area contributed by atoms with Gasteiger partial charge in [-0.1, -0.05) is 0 Å². The van der Waals surface area contributed by atoms with Crippen LogP contribution < -0.4 is 5.56 Å². The molecular formula is C18H21N5O2. The van der Waals surface area contributed by atoms with Crippen LogP contribution in [-0.4, -0.2) is 44.1 Å². The highest BCUT2D eigenvalue weighted by Gasteiger charge is 2.46. The number of amides is 1. The van der Waals surface area contributed by atoms with E-state index in [1.165, 1.54) is 25.7 Å². The van der Waals surface area contributed by atoms with Crippen LogP contribution >= 0.6 is 0 Å². The summed E-state index contributed by atoms with van der Waals surface area (Å²) in [6.07, 6.45) is 6.34. The summed E-state index contributed by atoms with van der Waals surface area (Å²) in [5.41, 5.74) is -0.108. The number of aromatic nitrogens is 4. The summed E-state index contributed by atoms with van der Waals surface area (Å²) in [5, 5.41) is 7.51. The van der Waals surface area contributed by atoms with Crippen molar-refractivity contribution in [2.75, 3.05) is 13.1 Å². The smallest absolute Gasteiger partial charge is 0.260 e. The fourth-order valence-corrected chi connectivity index (χ4v) is 4.02. The molecule has 1 amide bonds. The van der Waals surface area contributed by atoms with Crippen LogP contribution in [0.3, 0.4) is 0 Å². The second-order valence-corrected chi connectivity index (χ2v) is 7.58. The van der Waals surface area contributed by atoms with Crippen LogP contribution in [0.25, 0.3) is 0 Å². The molecule has 3 heterocycles. The molecule has 2 atom stereocenters. The SMILES string of the molecule is O=C(c1ccc[nH]c1=O)N1C[C@H](c2nc(C3CC3)n[nH]2)[C@@H](C2CC2)C1. The van der Waals surface area contributed by atoms with Crippen molar-refractivity contribution in [1.82, 2.24) is 25.1 Å². The van der Waals surface area contributed by atoms with E-state index in [2.05, 4.69) is 15.2 Å². The normalized spacial score (nSPS) is 26.2. The number of rotatable bonds is 4. The number of nitrogens with one attached hydrogen (secondary N) is 2. The third-order valence-electron chi connectivity index (χ3n) is 5.74. The van der Waals surface area contributed by atoms with E-state index >= 15 is 0 Å². The van der Waals surface area contributed by atoms with Gasteiger partial charge in [-0.25, -0.2) is 4.98 Å². The van der Waals surface area contributed by atoms with Gasteiger partial charge in [-0.15, -0.1) is 0 Å². The lowest BCUT2D eigenvalue weighted by molar-refractivity contribution is 0.0783. The largest absolute Gasteiger partial charge is 0.337 e. The van der Waals surface area contributed by atoms with Crippen LogP contribution in [0.5, 0.6) is 0 Å². The highest BCUT2D eigenvalue weighted by molar-refractivity contribution is 5.94. The number of pyridine rings is 1. The van der Waals surface area contributed by atoms with E-state index in [1.54, 1.807) is 18.3 Å². The van der Waals surface area contributed by atoms with Gasteiger partial charge in [0.15, 0.2) is 5.82 Å². The molecule has 2 saturated carbocycles. The van der Waals surface area contributed by atoms with Crippen LogP contribution in [0.1, 0.15) is 59.5 Å². The van der Waals surface area contributed by atoms with E-state index in [9.17, 15) is 9.59 Å². The Hall–Kier alpha value is -2.44. The van der Waals surface area contributed by atoms with Crippen LogP contribution in [0.4, 0.5) is 0 Å². The molecule has 1 aliphatic heterocycles. The molecule has 2 N–H and O–H groups in total.